The molecular weight excluding hydrogens is 356 g/mol. The summed E-state index contributed by atoms with van der Waals surface area (Å²) in [5.74, 6) is 0.365. The Morgan fingerprint density at radius 2 is 2.26 bits per heavy atom. The number of benzene rings is 1. The highest BCUT2D eigenvalue weighted by molar-refractivity contribution is 9.10. The van der Waals surface area contributed by atoms with Gasteiger partial charge in [0.1, 0.15) is 0 Å². The summed E-state index contributed by atoms with van der Waals surface area (Å²) in [7, 11) is 0. The van der Waals surface area contributed by atoms with Crippen molar-refractivity contribution in [2.24, 2.45) is 11.7 Å². The molecule has 1 aromatic heterocycles. The number of hydrogen-bond donors (Lipinski definition) is 1. The maximum absolute atomic E-state index is 12.7. The van der Waals surface area contributed by atoms with E-state index in [-0.39, 0.29) is 11.9 Å². The van der Waals surface area contributed by atoms with Crippen molar-refractivity contribution in [3.05, 3.63) is 46.7 Å². The summed E-state index contributed by atoms with van der Waals surface area (Å²) in [4.78, 5) is 14.6. The summed E-state index contributed by atoms with van der Waals surface area (Å²) in [6, 6.07) is 9.72. The van der Waals surface area contributed by atoms with E-state index >= 15 is 0 Å². The minimum absolute atomic E-state index is 0.0101. The van der Waals surface area contributed by atoms with Gasteiger partial charge in [-0.15, -0.1) is 0 Å². The molecule has 3 rings (SSSR count). The van der Waals surface area contributed by atoms with Crippen LogP contribution in [0.4, 0.5) is 0 Å². The van der Waals surface area contributed by atoms with Gasteiger partial charge >= 0.3 is 0 Å². The van der Waals surface area contributed by atoms with Crippen LogP contribution in [0.5, 0.6) is 0 Å². The van der Waals surface area contributed by atoms with Crippen LogP contribution in [0.25, 0.3) is 5.69 Å². The van der Waals surface area contributed by atoms with E-state index in [1.807, 2.05) is 42.3 Å². The molecule has 1 amide bonds. The van der Waals surface area contributed by atoms with Crippen molar-refractivity contribution in [3.63, 3.8) is 0 Å². The lowest BCUT2D eigenvalue weighted by Gasteiger charge is -2.34. The Labute approximate surface area is 144 Å². The van der Waals surface area contributed by atoms with E-state index in [2.05, 4.69) is 21.0 Å². The molecule has 1 aromatic carbocycles. The fraction of sp³-hybridized carbons (Fsp3) is 0.412. The molecule has 122 valence electrons. The molecule has 2 atom stereocenters. The Balaban J connectivity index is 1.76. The molecule has 2 aromatic rings. The van der Waals surface area contributed by atoms with Gasteiger partial charge in [0.25, 0.3) is 5.91 Å². The molecule has 0 saturated carbocycles. The average Bonchev–Trinajstić information content (AvgIpc) is 3.04. The third-order valence-corrected chi connectivity index (χ3v) is 4.86. The molecule has 1 fully saturated rings. The van der Waals surface area contributed by atoms with Crippen molar-refractivity contribution in [1.29, 1.82) is 0 Å². The number of nitrogens with two attached hydrogens (primary N) is 1. The summed E-state index contributed by atoms with van der Waals surface area (Å²) in [6.07, 6.45) is 3.92. The van der Waals surface area contributed by atoms with Crippen molar-refractivity contribution in [1.82, 2.24) is 14.7 Å². The predicted octanol–water partition coefficient (Wildman–Crippen LogP) is 2.83. The average molecular weight is 377 g/mol. The van der Waals surface area contributed by atoms with E-state index in [0.29, 0.717) is 11.6 Å². The molecule has 2 heterocycles. The van der Waals surface area contributed by atoms with Gasteiger partial charge in [-0.1, -0.05) is 22.0 Å². The lowest BCUT2D eigenvalue weighted by atomic mass is 9.92. The fourth-order valence-electron chi connectivity index (χ4n) is 2.99. The summed E-state index contributed by atoms with van der Waals surface area (Å²) in [6.45, 7) is 3.52. The Morgan fingerprint density at radius 3 is 3.00 bits per heavy atom. The highest BCUT2D eigenvalue weighted by atomic mass is 79.9. The highest BCUT2D eigenvalue weighted by Crippen LogP contribution is 2.21. The quantitative estimate of drug-likeness (QED) is 0.895. The number of carbonyl (C=O) groups excluding carboxylic acids is 1. The SMILES string of the molecule is C[C@H](N)[C@@H]1CCCN(C(=O)c2ccn(-c3cccc(Br)c3)n2)C1. The third kappa shape index (κ3) is 3.64. The first-order valence-corrected chi connectivity index (χ1v) is 8.70. The second-order valence-corrected chi connectivity index (χ2v) is 7.05. The smallest absolute Gasteiger partial charge is 0.274 e. The van der Waals surface area contributed by atoms with Gasteiger partial charge in [-0.25, -0.2) is 4.68 Å². The summed E-state index contributed by atoms with van der Waals surface area (Å²) in [5.41, 5.74) is 7.40. The third-order valence-electron chi connectivity index (χ3n) is 4.37. The van der Waals surface area contributed by atoms with Crippen molar-refractivity contribution in [3.8, 4) is 5.69 Å². The molecule has 2 N–H and O–H groups in total. The number of aromatic nitrogens is 2. The zero-order valence-electron chi connectivity index (χ0n) is 13.2. The molecule has 1 aliphatic heterocycles. The molecule has 0 unspecified atom stereocenters. The minimum Gasteiger partial charge on any atom is -0.337 e. The molecule has 0 spiro atoms. The van der Waals surface area contributed by atoms with Gasteiger partial charge in [0.2, 0.25) is 0 Å². The summed E-state index contributed by atoms with van der Waals surface area (Å²) < 4.78 is 2.71. The summed E-state index contributed by atoms with van der Waals surface area (Å²) >= 11 is 3.45. The molecule has 1 saturated heterocycles. The van der Waals surface area contributed by atoms with Gasteiger partial charge in [0.05, 0.1) is 5.69 Å². The van der Waals surface area contributed by atoms with E-state index in [9.17, 15) is 4.79 Å². The van der Waals surface area contributed by atoms with Gasteiger partial charge < -0.3 is 10.6 Å². The van der Waals surface area contributed by atoms with E-state index in [1.54, 1.807) is 10.7 Å². The van der Waals surface area contributed by atoms with Crippen LogP contribution in [-0.4, -0.2) is 39.7 Å². The lowest BCUT2D eigenvalue weighted by Crippen LogP contribution is -2.45. The van der Waals surface area contributed by atoms with Crippen molar-refractivity contribution < 1.29 is 4.79 Å². The molecule has 5 nitrogen and oxygen atoms in total. The first-order valence-electron chi connectivity index (χ1n) is 7.91. The molecule has 1 aliphatic rings. The number of rotatable bonds is 3. The van der Waals surface area contributed by atoms with E-state index in [4.69, 9.17) is 5.73 Å². The van der Waals surface area contributed by atoms with Crippen LogP contribution >= 0.6 is 15.9 Å². The van der Waals surface area contributed by atoms with Crippen LogP contribution < -0.4 is 5.73 Å². The molecular formula is C17H21BrN4O. The van der Waals surface area contributed by atoms with Crippen LogP contribution in [0.1, 0.15) is 30.3 Å². The lowest BCUT2D eigenvalue weighted by molar-refractivity contribution is 0.0654. The van der Waals surface area contributed by atoms with E-state index in [0.717, 1.165) is 36.1 Å². The second-order valence-electron chi connectivity index (χ2n) is 6.14. The van der Waals surface area contributed by atoms with Crippen LogP contribution in [0.3, 0.4) is 0 Å². The maximum atomic E-state index is 12.7. The van der Waals surface area contributed by atoms with Crippen LogP contribution in [0.2, 0.25) is 0 Å². The van der Waals surface area contributed by atoms with Crippen molar-refractivity contribution in [2.75, 3.05) is 13.1 Å². The van der Waals surface area contributed by atoms with Gasteiger partial charge in [0.15, 0.2) is 5.69 Å². The Bertz CT molecular complexity index is 697. The topological polar surface area (TPSA) is 64.2 Å². The maximum Gasteiger partial charge on any atom is 0.274 e. The minimum atomic E-state index is -0.0101. The molecule has 0 bridgehead atoms. The Morgan fingerprint density at radius 1 is 1.43 bits per heavy atom. The number of halogens is 1. The largest absolute Gasteiger partial charge is 0.337 e. The summed E-state index contributed by atoms with van der Waals surface area (Å²) in [5, 5.41) is 4.44. The van der Waals surface area contributed by atoms with Gasteiger partial charge in [-0.3, -0.25) is 4.79 Å². The number of amides is 1. The van der Waals surface area contributed by atoms with Gasteiger partial charge in [-0.2, -0.15) is 5.10 Å². The van der Waals surface area contributed by atoms with Crippen LogP contribution in [0.15, 0.2) is 41.0 Å². The standard InChI is InChI=1S/C17H21BrN4O/c1-12(19)13-4-3-8-21(11-13)17(23)16-7-9-22(20-16)15-6-2-5-14(18)10-15/h2,5-7,9-10,12-13H,3-4,8,11,19H2,1H3/t12-,13+/m0/s1. The van der Waals surface area contributed by atoms with E-state index < -0.39 is 0 Å². The Kier molecular flexibility index (Phi) is 4.82. The second kappa shape index (κ2) is 6.84. The normalized spacial score (nSPS) is 19.6. The number of likely N-dealkylation sites (tertiary alicyclic amines) is 1. The molecule has 23 heavy (non-hydrogen) atoms. The van der Waals surface area contributed by atoms with Crippen molar-refractivity contribution in [2.45, 2.75) is 25.8 Å². The molecule has 0 aliphatic carbocycles. The monoisotopic (exact) mass is 376 g/mol. The van der Waals surface area contributed by atoms with Crippen molar-refractivity contribution >= 4 is 21.8 Å². The van der Waals surface area contributed by atoms with E-state index in [1.165, 1.54) is 0 Å². The highest BCUT2D eigenvalue weighted by Gasteiger charge is 2.27. The van der Waals surface area contributed by atoms with Crippen LogP contribution in [0, 0.1) is 5.92 Å². The van der Waals surface area contributed by atoms with Gasteiger partial charge in [-0.05, 0) is 49.9 Å². The predicted molar refractivity (Wildman–Crippen MR) is 93.5 cm³/mol. The van der Waals surface area contributed by atoms with Crippen LogP contribution in [-0.2, 0) is 0 Å². The fourth-order valence-corrected chi connectivity index (χ4v) is 3.37. The number of carbonyl (C=O) groups is 1. The first-order chi connectivity index (χ1) is 11.0. The molecule has 0 radical (unpaired) electrons. The number of piperidine rings is 1. The zero-order valence-corrected chi connectivity index (χ0v) is 14.7. The molecule has 6 heteroatoms. The number of hydrogen-bond acceptors (Lipinski definition) is 3. The zero-order chi connectivity index (χ0) is 16.4. The van der Waals surface area contributed by atoms with Gasteiger partial charge in [0, 0.05) is 29.8 Å². The first kappa shape index (κ1) is 16.2. The Hall–Kier alpha value is -1.66. The number of nitrogens with zero attached hydrogens (tertiary/aromatic N) is 3.